The van der Waals surface area contributed by atoms with E-state index in [9.17, 15) is 24.9 Å². The number of rotatable bonds is 36. The van der Waals surface area contributed by atoms with Gasteiger partial charge in [-0.25, -0.2) is 0 Å². The average molecular weight is 651 g/mol. The zero-order valence-corrected chi connectivity index (χ0v) is 30.9. The minimum absolute atomic E-state index is 0.0153. The quantitative estimate of drug-likeness (QED) is 0.0463. The first-order valence-corrected chi connectivity index (χ1v) is 20.1. The Morgan fingerprint density at radius 3 is 1.17 bits per heavy atom. The van der Waals surface area contributed by atoms with Crippen LogP contribution >= 0.6 is 0 Å². The minimum atomic E-state index is -2.43. The second-order valence-electron chi connectivity index (χ2n) is 14.2. The lowest BCUT2D eigenvalue weighted by Crippen LogP contribution is -2.65. The fourth-order valence-corrected chi connectivity index (χ4v) is 6.60. The lowest BCUT2D eigenvalue weighted by Gasteiger charge is -2.40. The van der Waals surface area contributed by atoms with Crippen LogP contribution in [0.5, 0.6) is 0 Å². The smallest absolute Gasteiger partial charge is 0.181 e. The summed E-state index contributed by atoms with van der Waals surface area (Å²) in [6, 6.07) is 0. The second-order valence-corrected chi connectivity index (χ2v) is 14.2. The van der Waals surface area contributed by atoms with Crippen LogP contribution in [0.4, 0.5) is 0 Å². The molecule has 0 aromatic carbocycles. The summed E-state index contributed by atoms with van der Waals surface area (Å²) >= 11 is 0. The molecule has 0 amide bonds. The molecule has 5 nitrogen and oxygen atoms in total. The maximum absolute atomic E-state index is 13.4. The molecule has 0 heterocycles. The Kier molecular flexibility index (Phi) is 30.5. The van der Waals surface area contributed by atoms with Crippen molar-refractivity contribution in [2.24, 2.45) is 0 Å². The van der Waals surface area contributed by atoms with Crippen LogP contribution in [0.15, 0.2) is 12.2 Å². The number of carbonyl (C=O) groups is 2. The monoisotopic (exact) mass is 651 g/mol. The molecule has 2 unspecified atom stereocenters. The molecule has 3 N–H and O–H groups in total. The SMILES string of the molecule is CCCCCCCCC=CCCCCCCCC(=O)C(O)(CCCCCCCCCCCCCCCC)C(O)(CO)C(=O)CCC. The highest BCUT2D eigenvalue weighted by Gasteiger charge is 2.57. The number of hydrogen-bond acceptors (Lipinski definition) is 5. The zero-order valence-electron chi connectivity index (χ0n) is 30.9. The number of carbonyl (C=O) groups excluding carboxylic acids is 2. The summed E-state index contributed by atoms with van der Waals surface area (Å²) in [4.78, 5) is 26.3. The van der Waals surface area contributed by atoms with Gasteiger partial charge >= 0.3 is 0 Å². The summed E-state index contributed by atoms with van der Waals surface area (Å²) in [5, 5.41) is 33.0. The van der Waals surface area contributed by atoms with Crippen molar-refractivity contribution in [3.63, 3.8) is 0 Å². The summed E-state index contributed by atoms with van der Waals surface area (Å²) in [5.74, 6) is -1.14. The fourth-order valence-electron chi connectivity index (χ4n) is 6.60. The molecule has 0 aliphatic carbocycles. The average Bonchev–Trinajstić information content (AvgIpc) is 3.06. The van der Waals surface area contributed by atoms with E-state index in [1.165, 1.54) is 109 Å². The molecule has 0 rings (SSSR count). The van der Waals surface area contributed by atoms with Gasteiger partial charge in [0.05, 0.1) is 6.61 Å². The largest absolute Gasteiger partial charge is 0.393 e. The molecule has 0 bridgehead atoms. The normalized spacial score (nSPS) is 14.5. The van der Waals surface area contributed by atoms with Crippen molar-refractivity contribution in [1.29, 1.82) is 0 Å². The molecule has 0 saturated heterocycles. The molecule has 0 aromatic rings. The highest BCUT2D eigenvalue weighted by atomic mass is 16.4. The first-order chi connectivity index (χ1) is 22.3. The summed E-state index contributed by atoms with van der Waals surface area (Å²) in [7, 11) is 0. The minimum Gasteiger partial charge on any atom is -0.393 e. The molecule has 272 valence electrons. The van der Waals surface area contributed by atoms with Gasteiger partial charge < -0.3 is 15.3 Å². The van der Waals surface area contributed by atoms with Gasteiger partial charge in [-0.05, 0) is 51.4 Å². The predicted octanol–water partition coefficient (Wildman–Crippen LogP) is 11.3. The van der Waals surface area contributed by atoms with Crippen LogP contribution in [-0.4, -0.2) is 44.7 Å². The van der Waals surface area contributed by atoms with Gasteiger partial charge in [-0.3, -0.25) is 9.59 Å². The number of unbranched alkanes of at least 4 members (excludes halogenated alkanes) is 24. The summed E-state index contributed by atoms with van der Waals surface area (Å²) in [6.07, 6.45) is 37.0. The third-order valence-electron chi connectivity index (χ3n) is 9.87. The van der Waals surface area contributed by atoms with Crippen LogP contribution < -0.4 is 0 Å². The maximum Gasteiger partial charge on any atom is 0.181 e. The van der Waals surface area contributed by atoms with Gasteiger partial charge in [0.2, 0.25) is 0 Å². The van der Waals surface area contributed by atoms with Crippen molar-refractivity contribution in [3.8, 4) is 0 Å². The van der Waals surface area contributed by atoms with Crippen LogP contribution in [0.1, 0.15) is 220 Å². The molecule has 0 aliphatic rings. The Morgan fingerprint density at radius 1 is 0.435 bits per heavy atom. The Morgan fingerprint density at radius 2 is 0.783 bits per heavy atom. The Hall–Kier alpha value is -1.04. The van der Waals surface area contributed by atoms with E-state index < -0.39 is 29.4 Å². The third kappa shape index (κ3) is 21.0. The fraction of sp³-hybridized carbons (Fsp3) is 0.902. The molecule has 0 radical (unpaired) electrons. The van der Waals surface area contributed by atoms with Crippen molar-refractivity contribution in [3.05, 3.63) is 12.2 Å². The van der Waals surface area contributed by atoms with Gasteiger partial charge in [0.15, 0.2) is 22.8 Å². The summed E-state index contributed by atoms with van der Waals surface area (Å²) in [6.45, 7) is 5.39. The van der Waals surface area contributed by atoms with Crippen molar-refractivity contribution < 1.29 is 24.9 Å². The lowest BCUT2D eigenvalue weighted by molar-refractivity contribution is -0.192. The number of aliphatic hydroxyl groups is 3. The maximum atomic E-state index is 13.4. The number of ketones is 2. The van der Waals surface area contributed by atoms with Gasteiger partial charge in [0.25, 0.3) is 0 Å². The lowest BCUT2D eigenvalue weighted by atomic mass is 9.72. The zero-order chi connectivity index (χ0) is 34.2. The van der Waals surface area contributed by atoms with Gasteiger partial charge in [-0.15, -0.1) is 0 Å². The van der Waals surface area contributed by atoms with E-state index >= 15 is 0 Å². The summed E-state index contributed by atoms with van der Waals surface area (Å²) in [5.41, 5.74) is -4.66. The van der Waals surface area contributed by atoms with E-state index in [0.29, 0.717) is 19.3 Å². The van der Waals surface area contributed by atoms with Crippen LogP contribution in [0.2, 0.25) is 0 Å². The van der Waals surface area contributed by atoms with Gasteiger partial charge in [0, 0.05) is 12.8 Å². The molecule has 0 aromatic heterocycles. The van der Waals surface area contributed by atoms with Crippen LogP contribution in [0.25, 0.3) is 0 Å². The first-order valence-electron chi connectivity index (χ1n) is 20.1. The highest BCUT2D eigenvalue weighted by Crippen LogP contribution is 2.33. The van der Waals surface area contributed by atoms with E-state index in [1.54, 1.807) is 0 Å². The van der Waals surface area contributed by atoms with E-state index in [4.69, 9.17) is 0 Å². The molecule has 0 saturated carbocycles. The van der Waals surface area contributed by atoms with E-state index in [1.807, 2.05) is 6.92 Å². The van der Waals surface area contributed by atoms with Crippen molar-refractivity contribution in [2.45, 2.75) is 231 Å². The topological polar surface area (TPSA) is 94.8 Å². The number of hydrogen-bond donors (Lipinski definition) is 3. The molecule has 0 fully saturated rings. The van der Waals surface area contributed by atoms with Crippen LogP contribution in [0.3, 0.4) is 0 Å². The van der Waals surface area contributed by atoms with Crippen molar-refractivity contribution in [1.82, 2.24) is 0 Å². The van der Waals surface area contributed by atoms with E-state index in [-0.39, 0.29) is 19.3 Å². The molecule has 0 aliphatic heterocycles. The highest BCUT2D eigenvalue weighted by molar-refractivity contribution is 5.99. The van der Waals surface area contributed by atoms with E-state index in [2.05, 4.69) is 26.0 Å². The molecule has 2 atom stereocenters. The first kappa shape index (κ1) is 45.0. The summed E-state index contributed by atoms with van der Waals surface area (Å²) < 4.78 is 0. The molecule has 5 heteroatoms. The van der Waals surface area contributed by atoms with Gasteiger partial charge in [-0.1, -0.05) is 168 Å². The van der Waals surface area contributed by atoms with E-state index in [0.717, 1.165) is 51.4 Å². The number of allylic oxidation sites excluding steroid dienone is 2. The molecular weight excluding hydrogens is 572 g/mol. The number of aliphatic hydroxyl groups excluding tert-OH is 1. The standard InChI is InChI=1S/C41H78O5/c1-4-7-9-11-13-15-17-19-21-22-24-26-28-30-32-35-39(44)40(45,41(46,37-42)38(43)34-6-3)36-33-31-29-27-25-23-20-18-16-14-12-10-8-5-2/h19,21,42,45-46H,4-18,20,22-37H2,1-3H3. The molecule has 0 spiro atoms. The Balaban J connectivity index is 4.45. The Bertz CT molecular complexity index is 734. The number of Topliss-reactive ketones (excluding diaryl/α,β-unsaturated/α-hetero) is 2. The Labute approximate surface area is 285 Å². The predicted molar refractivity (Wildman–Crippen MR) is 196 cm³/mol. The second kappa shape index (κ2) is 31.2. The van der Waals surface area contributed by atoms with Gasteiger partial charge in [0.1, 0.15) is 0 Å². The molecular formula is C41H78O5. The van der Waals surface area contributed by atoms with Crippen LogP contribution in [-0.2, 0) is 9.59 Å². The van der Waals surface area contributed by atoms with Gasteiger partial charge in [-0.2, -0.15) is 0 Å². The molecule has 46 heavy (non-hydrogen) atoms. The third-order valence-corrected chi connectivity index (χ3v) is 9.87. The van der Waals surface area contributed by atoms with Crippen molar-refractivity contribution in [2.75, 3.05) is 6.61 Å². The van der Waals surface area contributed by atoms with Crippen molar-refractivity contribution >= 4 is 11.6 Å². The van der Waals surface area contributed by atoms with Crippen LogP contribution in [0, 0.1) is 0 Å².